The molecule has 0 saturated carbocycles. The van der Waals surface area contributed by atoms with Crippen LogP contribution in [0.15, 0.2) is 18.2 Å². The zero-order valence-electron chi connectivity index (χ0n) is 11.7. The first-order valence-corrected chi connectivity index (χ1v) is 6.49. The molecule has 0 aliphatic heterocycles. The molecule has 0 saturated heterocycles. The monoisotopic (exact) mass is 260 g/mol. The second-order valence-corrected chi connectivity index (χ2v) is 4.26. The molecule has 0 heterocycles. The minimum absolute atomic E-state index is 0.0945. The fourth-order valence-electron chi connectivity index (χ4n) is 1.98. The molecular formula is C15H20N2O2. The summed E-state index contributed by atoms with van der Waals surface area (Å²) in [5, 5.41) is 11.9. The van der Waals surface area contributed by atoms with Gasteiger partial charge in [-0.05, 0) is 30.5 Å². The number of methoxy groups -OCH3 is 1. The van der Waals surface area contributed by atoms with Crippen molar-refractivity contribution in [3.05, 3.63) is 29.3 Å². The van der Waals surface area contributed by atoms with Crippen LogP contribution in [0.5, 0.6) is 5.75 Å². The lowest BCUT2D eigenvalue weighted by molar-refractivity contribution is -0.121. The summed E-state index contributed by atoms with van der Waals surface area (Å²) >= 11 is 0. The first-order valence-electron chi connectivity index (χ1n) is 6.49. The van der Waals surface area contributed by atoms with Gasteiger partial charge in [0.05, 0.1) is 19.1 Å². The molecule has 1 amide bonds. The number of benzene rings is 1. The van der Waals surface area contributed by atoms with E-state index in [4.69, 9.17) is 4.74 Å². The smallest absolute Gasteiger partial charge is 0.221 e. The van der Waals surface area contributed by atoms with Crippen LogP contribution in [0.25, 0.3) is 0 Å². The summed E-state index contributed by atoms with van der Waals surface area (Å²) in [7, 11) is 1.63. The van der Waals surface area contributed by atoms with E-state index in [1.165, 1.54) is 0 Å². The maximum atomic E-state index is 11.6. The van der Waals surface area contributed by atoms with E-state index in [9.17, 15) is 10.1 Å². The average molecular weight is 260 g/mol. The Hall–Kier alpha value is -2.02. The molecule has 1 atom stereocenters. The van der Waals surface area contributed by atoms with Crippen molar-refractivity contribution in [3.63, 3.8) is 0 Å². The van der Waals surface area contributed by atoms with Crippen LogP contribution >= 0.6 is 0 Å². The highest BCUT2D eigenvalue weighted by Crippen LogP contribution is 2.26. The van der Waals surface area contributed by atoms with Gasteiger partial charge in [-0.15, -0.1) is 0 Å². The molecule has 0 aromatic heterocycles. The molecular weight excluding hydrogens is 240 g/mol. The van der Waals surface area contributed by atoms with Crippen LogP contribution in [0.1, 0.15) is 37.3 Å². The first-order chi connectivity index (χ1) is 9.15. The van der Waals surface area contributed by atoms with Gasteiger partial charge >= 0.3 is 0 Å². The van der Waals surface area contributed by atoms with Crippen molar-refractivity contribution in [2.45, 2.75) is 32.6 Å². The number of hydrogen-bond donors (Lipinski definition) is 1. The van der Waals surface area contributed by atoms with Crippen molar-refractivity contribution in [2.24, 2.45) is 0 Å². The standard InChI is InChI=1S/C15H20N2O2/c1-4-11-8-12(6-7-14(11)19-3)13(10-16)9-15(18)17-5-2/h6-8,13H,4-5,9H2,1-3H3,(H,17,18). The zero-order chi connectivity index (χ0) is 14.3. The molecule has 1 aromatic rings. The van der Waals surface area contributed by atoms with Gasteiger partial charge in [0.25, 0.3) is 0 Å². The zero-order valence-corrected chi connectivity index (χ0v) is 11.7. The van der Waals surface area contributed by atoms with Gasteiger partial charge < -0.3 is 10.1 Å². The van der Waals surface area contributed by atoms with E-state index in [2.05, 4.69) is 11.4 Å². The molecule has 102 valence electrons. The topological polar surface area (TPSA) is 62.1 Å². The van der Waals surface area contributed by atoms with Crippen LogP contribution in [-0.2, 0) is 11.2 Å². The van der Waals surface area contributed by atoms with Gasteiger partial charge in [0.15, 0.2) is 0 Å². The molecule has 19 heavy (non-hydrogen) atoms. The third-order valence-corrected chi connectivity index (χ3v) is 3.01. The minimum Gasteiger partial charge on any atom is -0.496 e. The van der Waals surface area contributed by atoms with E-state index >= 15 is 0 Å². The molecule has 0 bridgehead atoms. The Morgan fingerprint density at radius 1 is 1.47 bits per heavy atom. The van der Waals surface area contributed by atoms with E-state index in [0.29, 0.717) is 6.54 Å². The van der Waals surface area contributed by atoms with Gasteiger partial charge in [-0.25, -0.2) is 0 Å². The molecule has 4 nitrogen and oxygen atoms in total. The number of hydrogen-bond acceptors (Lipinski definition) is 3. The average Bonchev–Trinajstić information content (AvgIpc) is 2.44. The van der Waals surface area contributed by atoms with Crippen molar-refractivity contribution < 1.29 is 9.53 Å². The maximum Gasteiger partial charge on any atom is 0.221 e. The summed E-state index contributed by atoms with van der Waals surface area (Å²) in [4.78, 5) is 11.6. The summed E-state index contributed by atoms with van der Waals surface area (Å²) in [5.74, 6) is 0.312. The Labute approximate surface area is 114 Å². The quantitative estimate of drug-likeness (QED) is 0.854. The highest BCUT2D eigenvalue weighted by molar-refractivity contribution is 5.77. The number of aryl methyl sites for hydroxylation is 1. The third kappa shape index (κ3) is 3.99. The molecule has 0 fully saturated rings. The Morgan fingerprint density at radius 2 is 2.21 bits per heavy atom. The number of rotatable bonds is 6. The molecule has 0 spiro atoms. The summed E-state index contributed by atoms with van der Waals surface area (Å²) in [6.45, 7) is 4.48. The van der Waals surface area contributed by atoms with Gasteiger partial charge in [-0.2, -0.15) is 5.26 Å². The lowest BCUT2D eigenvalue weighted by Crippen LogP contribution is -2.24. The Bertz CT molecular complexity index is 478. The van der Waals surface area contributed by atoms with Crippen molar-refractivity contribution >= 4 is 5.91 Å². The molecule has 0 aliphatic rings. The normalized spacial score (nSPS) is 11.5. The van der Waals surface area contributed by atoms with Gasteiger partial charge in [0.2, 0.25) is 5.91 Å². The summed E-state index contributed by atoms with van der Waals surface area (Å²) in [6.07, 6.45) is 1.02. The minimum atomic E-state index is -0.414. The number of amides is 1. The molecule has 1 unspecified atom stereocenters. The molecule has 1 rings (SSSR count). The first kappa shape index (κ1) is 15.0. The fourth-order valence-corrected chi connectivity index (χ4v) is 1.98. The molecule has 0 aliphatic carbocycles. The van der Waals surface area contributed by atoms with E-state index in [1.54, 1.807) is 7.11 Å². The van der Waals surface area contributed by atoms with E-state index in [0.717, 1.165) is 23.3 Å². The van der Waals surface area contributed by atoms with Crippen LogP contribution in [0.3, 0.4) is 0 Å². The van der Waals surface area contributed by atoms with Crippen LogP contribution in [-0.4, -0.2) is 19.6 Å². The SMILES string of the molecule is CCNC(=O)CC(C#N)c1ccc(OC)c(CC)c1. The van der Waals surface area contributed by atoms with Gasteiger partial charge in [-0.1, -0.05) is 19.1 Å². The van der Waals surface area contributed by atoms with Gasteiger partial charge in [0.1, 0.15) is 5.75 Å². The highest BCUT2D eigenvalue weighted by Gasteiger charge is 2.16. The summed E-state index contributed by atoms with van der Waals surface area (Å²) in [6, 6.07) is 7.85. The largest absolute Gasteiger partial charge is 0.496 e. The lowest BCUT2D eigenvalue weighted by atomic mass is 9.94. The predicted octanol–water partition coefficient (Wildman–Crippen LogP) is 2.39. The second kappa shape index (κ2) is 7.42. The number of carbonyl (C=O) groups excluding carboxylic acids is 1. The van der Waals surface area contributed by atoms with Crippen LogP contribution < -0.4 is 10.1 Å². The van der Waals surface area contributed by atoms with E-state index in [-0.39, 0.29) is 12.3 Å². The second-order valence-electron chi connectivity index (χ2n) is 4.26. The molecule has 1 N–H and O–H groups in total. The summed E-state index contributed by atoms with van der Waals surface area (Å²) in [5.41, 5.74) is 1.92. The number of nitrogens with one attached hydrogen (secondary N) is 1. The predicted molar refractivity (Wildman–Crippen MR) is 74.0 cm³/mol. The third-order valence-electron chi connectivity index (χ3n) is 3.01. The Kier molecular flexibility index (Phi) is 5.87. The molecule has 4 heteroatoms. The Morgan fingerprint density at radius 3 is 2.74 bits per heavy atom. The molecule has 1 aromatic carbocycles. The highest BCUT2D eigenvalue weighted by atomic mass is 16.5. The molecule has 0 radical (unpaired) electrons. The van der Waals surface area contributed by atoms with Crippen LogP contribution in [0.2, 0.25) is 0 Å². The fraction of sp³-hybridized carbons (Fsp3) is 0.467. The maximum absolute atomic E-state index is 11.6. The van der Waals surface area contributed by atoms with Crippen LogP contribution in [0, 0.1) is 11.3 Å². The van der Waals surface area contributed by atoms with E-state index in [1.807, 2.05) is 32.0 Å². The van der Waals surface area contributed by atoms with Crippen molar-refractivity contribution in [1.82, 2.24) is 5.32 Å². The Balaban J connectivity index is 2.93. The van der Waals surface area contributed by atoms with Crippen molar-refractivity contribution in [1.29, 1.82) is 5.26 Å². The number of ether oxygens (including phenoxy) is 1. The number of carbonyl (C=O) groups is 1. The number of nitriles is 1. The van der Waals surface area contributed by atoms with Crippen molar-refractivity contribution in [2.75, 3.05) is 13.7 Å². The van der Waals surface area contributed by atoms with Gasteiger partial charge in [-0.3, -0.25) is 4.79 Å². The number of nitrogens with zero attached hydrogens (tertiary/aromatic N) is 1. The van der Waals surface area contributed by atoms with Gasteiger partial charge in [0, 0.05) is 13.0 Å². The van der Waals surface area contributed by atoms with E-state index < -0.39 is 5.92 Å². The van der Waals surface area contributed by atoms with Crippen LogP contribution in [0.4, 0.5) is 0 Å². The lowest BCUT2D eigenvalue weighted by Gasteiger charge is -2.13. The summed E-state index contributed by atoms with van der Waals surface area (Å²) < 4.78 is 5.26. The van der Waals surface area contributed by atoms with Crippen molar-refractivity contribution in [3.8, 4) is 11.8 Å².